The van der Waals surface area contributed by atoms with Gasteiger partial charge in [-0.25, -0.2) is 0 Å². The molecule has 0 bridgehead atoms. The highest BCUT2D eigenvalue weighted by Gasteiger charge is 2.18. The molecular formula is C13H26N2O2. The van der Waals surface area contributed by atoms with Crippen LogP contribution in [0.4, 0.5) is 0 Å². The van der Waals surface area contributed by atoms with Crippen LogP contribution in [0.1, 0.15) is 46.0 Å². The average molecular weight is 242 g/mol. The number of aliphatic hydroxyl groups excluding tert-OH is 1. The Morgan fingerprint density at radius 1 is 1.29 bits per heavy atom. The van der Waals surface area contributed by atoms with Gasteiger partial charge in [-0.05, 0) is 12.8 Å². The first-order valence-corrected chi connectivity index (χ1v) is 6.79. The number of nitrogens with one attached hydrogen (secondary N) is 1. The fourth-order valence-electron chi connectivity index (χ4n) is 2.10. The van der Waals surface area contributed by atoms with Crippen molar-refractivity contribution in [1.29, 1.82) is 0 Å². The van der Waals surface area contributed by atoms with Crippen LogP contribution in [0.5, 0.6) is 0 Å². The predicted molar refractivity (Wildman–Crippen MR) is 68.8 cm³/mol. The Morgan fingerprint density at radius 3 is 2.71 bits per heavy atom. The molecule has 0 radical (unpaired) electrons. The van der Waals surface area contributed by atoms with Crippen LogP contribution >= 0.6 is 0 Å². The van der Waals surface area contributed by atoms with Gasteiger partial charge < -0.3 is 15.3 Å². The number of likely N-dealkylation sites (tertiary alicyclic amines) is 1. The molecule has 1 saturated heterocycles. The van der Waals surface area contributed by atoms with Gasteiger partial charge in [0.15, 0.2) is 0 Å². The third kappa shape index (κ3) is 6.03. The second-order valence-corrected chi connectivity index (χ2v) is 5.22. The van der Waals surface area contributed by atoms with E-state index in [0.717, 1.165) is 25.8 Å². The molecule has 1 fully saturated rings. The molecule has 1 heterocycles. The summed E-state index contributed by atoms with van der Waals surface area (Å²) < 4.78 is 0. The molecule has 1 atom stereocenters. The van der Waals surface area contributed by atoms with Crippen molar-refractivity contribution in [3.8, 4) is 0 Å². The van der Waals surface area contributed by atoms with Crippen molar-refractivity contribution < 1.29 is 9.90 Å². The van der Waals surface area contributed by atoms with Crippen LogP contribution in [0.15, 0.2) is 0 Å². The van der Waals surface area contributed by atoms with E-state index in [-0.39, 0.29) is 5.91 Å². The van der Waals surface area contributed by atoms with Crippen molar-refractivity contribution in [2.24, 2.45) is 0 Å². The lowest BCUT2D eigenvalue weighted by molar-refractivity contribution is -0.133. The first-order valence-electron chi connectivity index (χ1n) is 6.79. The Bertz CT molecular complexity index is 231. The quantitative estimate of drug-likeness (QED) is 0.760. The highest BCUT2D eigenvalue weighted by molar-refractivity contribution is 5.76. The number of aliphatic hydroxyl groups is 1. The lowest BCUT2D eigenvalue weighted by atomic mass is 10.1. The monoisotopic (exact) mass is 242 g/mol. The van der Waals surface area contributed by atoms with Gasteiger partial charge in [0.2, 0.25) is 5.91 Å². The number of β-amino-alcohol motifs (C(OH)–C–C–N with tert-alkyl or cyclic N) is 1. The minimum Gasteiger partial charge on any atom is -0.390 e. The van der Waals surface area contributed by atoms with Gasteiger partial charge in [-0.1, -0.05) is 26.7 Å². The van der Waals surface area contributed by atoms with Crippen LogP contribution in [0.25, 0.3) is 0 Å². The van der Waals surface area contributed by atoms with Gasteiger partial charge in [0, 0.05) is 32.1 Å². The van der Waals surface area contributed by atoms with Gasteiger partial charge in [0.05, 0.1) is 6.10 Å². The first-order chi connectivity index (χ1) is 8.09. The molecular weight excluding hydrogens is 216 g/mol. The summed E-state index contributed by atoms with van der Waals surface area (Å²) >= 11 is 0. The molecule has 2 N–H and O–H groups in total. The molecule has 17 heavy (non-hydrogen) atoms. The number of hydrogen-bond acceptors (Lipinski definition) is 3. The lowest BCUT2D eigenvalue weighted by Gasteiger charge is -2.27. The van der Waals surface area contributed by atoms with E-state index in [1.165, 1.54) is 6.42 Å². The minimum atomic E-state index is -0.458. The van der Waals surface area contributed by atoms with Crippen molar-refractivity contribution in [2.45, 2.75) is 58.1 Å². The lowest BCUT2D eigenvalue weighted by Crippen LogP contribution is -2.43. The molecule has 0 aromatic carbocycles. The highest BCUT2D eigenvalue weighted by atomic mass is 16.3. The maximum Gasteiger partial charge on any atom is 0.222 e. The zero-order valence-electron chi connectivity index (χ0n) is 11.1. The summed E-state index contributed by atoms with van der Waals surface area (Å²) in [5, 5.41) is 13.1. The fourth-order valence-corrected chi connectivity index (χ4v) is 2.10. The van der Waals surface area contributed by atoms with Gasteiger partial charge in [-0.3, -0.25) is 4.79 Å². The molecule has 100 valence electrons. The fraction of sp³-hybridized carbons (Fsp3) is 0.923. The van der Waals surface area contributed by atoms with E-state index < -0.39 is 6.10 Å². The van der Waals surface area contributed by atoms with E-state index >= 15 is 0 Å². The van der Waals surface area contributed by atoms with Gasteiger partial charge in [-0.2, -0.15) is 0 Å². The average Bonchev–Trinajstić information content (AvgIpc) is 2.26. The van der Waals surface area contributed by atoms with Crippen LogP contribution in [-0.4, -0.2) is 47.7 Å². The topological polar surface area (TPSA) is 52.6 Å². The Labute approximate surface area is 104 Å². The molecule has 1 unspecified atom stereocenters. The third-order valence-electron chi connectivity index (χ3n) is 3.11. The number of carbonyl (C=O) groups excluding carboxylic acids is 1. The zero-order valence-corrected chi connectivity index (χ0v) is 11.1. The van der Waals surface area contributed by atoms with Gasteiger partial charge in [0.1, 0.15) is 0 Å². The molecule has 1 rings (SSSR count). The summed E-state index contributed by atoms with van der Waals surface area (Å²) in [7, 11) is 0. The minimum absolute atomic E-state index is 0.202. The van der Waals surface area contributed by atoms with Gasteiger partial charge in [0.25, 0.3) is 0 Å². The maximum absolute atomic E-state index is 11.8. The SMILES string of the molecule is CC(C)NCC(O)CN1CCCCCCC1=O. The van der Waals surface area contributed by atoms with Crippen molar-refractivity contribution in [2.75, 3.05) is 19.6 Å². The summed E-state index contributed by atoms with van der Waals surface area (Å²) in [6.07, 6.45) is 4.61. The maximum atomic E-state index is 11.8. The van der Waals surface area contributed by atoms with Crippen LogP contribution < -0.4 is 5.32 Å². The molecule has 1 aliphatic heterocycles. The van der Waals surface area contributed by atoms with Crippen LogP contribution in [0.2, 0.25) is 0 Å². The Hall–Kier alpha value is -0.610. The Morgan fingerprint density at radius 2 is 2.00 bits per heavy atom. The second kappa shape index (κ2) is 7.67. The van der Waals surface area contributed by atoms with Gasteiger partial charge in [-0.15, -0.1) is 0 Å². The molecule has 1 amide bonds. The Kier molecular flexibility index (Phi) is 6.52. The standard InChI is InChI=1S/C13H26N2O2/c1-11(2)14-9-12(16)10-15-8-6-4-3-5-7-13(15)17/h11-12,14,16H,3-10H2,1-2H3. The van der Waals surface area contributed by atoms with Crippen molar-refractivity contribution in [3.63, 3.8) is 0 Å². The summed E-state index contributed by atoms with van der Waals surface area (Å²) in [6, 6.07) is 0.368. The number of nitrogens with zero attached hydrogens (tertiary/aromatic N) is 1. The van der Waals surface area contributed by atoms with Crippen LogP contribution in [0.3, 0.4) is 0 Å². The summed E-state index contributed by atoms with van der Waals surface area (Å²) in [4.78, 5) is 13.7. The predicted octanol–water partition coefficient (Wildman–Crippen LogP) is 1.14. The van der Waals surface area contributed by atoms with Gasteiger partial charge >= 0.3 is 0 Å². The summed E-state index contributed by atoms with van der Waals surface area (Å²) in [6.45, 7) is 5.93. The van der Waals surface area contributed by atoms with Crippen molar-refractivity contribution in [1.82, 2.24) is 10.2 Å². The molecule has 1 aliphatic rings. The Balaban J connectivity index is 2.33. The van der Waals surface area contributed by atoms with E-state index in [0.29, 0.717) is 25.6 Å². The van der Waals surface area contributed by atoms with E-state index in [1.807, 2.05) is 18.7 Å². The van der Waals surface area contributed by atoms with Crippen LogP contribution in [-0.2, 0) is 4.79 Å². The molecule has 0 aromatic rings. The summed E-state index contributed by atoms with van der Waals surface area (Å²) in [5.41, 5.74) is 0. The van der Waals surface area contributed by atoms with E-state index in [4.69, 9.17) is 0 Å². The number of carbonyl (C=O) groups is 1. The molecule has 0 spiro atoms. The van der Waals surface area contributed by atoms with Crippen molar-refractivity contribution in [3.05, 3.63) is 0 Å². The smallest absolute Gasteiger partial charge is 0.222 e. The molecule has 0 aliphatic carbocycles. The largest absolute Gasteiger partial charge is 0.390 e. The number of rotatable bonds is 5. The zero-order chi connectivity index (χ0) is 12.7. The summed E-state index contributed by atoms with van der Waals surface area (Å²) in [5.74, 6) is 0.202. The third-order valence-corrected chi connectivity index (χ3v) is 3.11. The van der Waals surface area contributed by atoms with E-state index in [2.05, 4.69) is 5.32 Å². The highest BCUT2D eigenvalue weighted by Crippen LogP contribution is 2.11. The molecule has 4 nitrogen and oxygen atoms in total. The van der Waals surface area contributed by atoms with E-state index in [1.54, 1.807) is 0 Å². The molecule has 4 heteroatoms. The first kappa shape index (κ1) is 14.5. The number of hydrogen-bond donors (Lipinski definition) is 2. The molecule has 0 aromatic heterocycles. The van der Waals surface area contributed by atoms with Crippen molar-refractivity contribution >= 4 is 5.91 Å². The van der Waals surface area contributed by atoms with E-state index in [9.17, 15) is 9.90 Å². The second-order valence-electron chi connectivity index (χ2n) is 5.22. The molecule has 0 saturated carbocycles. The number of amides is 1. The van der Waals surface area contributed by atoms with Crippen LogP contribution in [0, 0.1) is 0 Å². The normalized spacial score (nSPS) is 20.2.